The van der Waals surface area contributed by atoms with E-state index in [0.29, 0.717) is 11.6 Å². The molecule has 1 aliphatic carbocycles. The Hall–Kier alpha value is -1.77. The minimum Gasteiger partial charge on any atom is -0.478 e. The molecule has 0 fully saturated rings. The van der Waals surface area contributed by atoms with Gasteiger partial charge in [0, 0.05) is 11.7 Å². The van der Waals surface area contributed by atoms with Gasteiger partial charge in [0.1, 0.15) is 0 Å². The maximum Gasteiger partial charge on any atom is 0.335 e. The van der Waals surface area contributed by atoms with Crippen molar-refractivity contribution in [2.75, 3.05) is 5.32 Å². The Bertz CT molecular complexity index is 390. The van der Waals surface area contributed by atoms with Crippen LogP contribution in [0.4, 0.5) is 5.69 Å². The van der Waals surface area contributed by atoms with Crippen LogP contribution in [0.5, 0.6) is 0 Å². The summed E-state index contributed by atoms with van der Waals surface area (Å²) in [5.74, 6) is -0.886. The van der Waals surface area contributed by atoms with Gasteiger partial charge >= 0.3 is 5.97 Å². The standard InChI is InChI=1S/C12H13NO2/c14-12(15)9-4-3-7-11(8-9)13-10-5-1-2-6-10/h1-4,7-8,10,13H,5-6H2,(H,14,15). The fraction of sp³-hybridized carbons (Fsp3) is 0.250. The van der Waals surface area contributed by atoms with Crippen molar-refractivity contribution in [1.82, 2.24) is 0 Å². The van der Waals surface area contributed by atoms with Crippen LogP contribution in [0.1, 0.15) is 23.2 Å². The van der Waals surface area contributed by atoms with Crippen molar-refractivity contribution in [2.24, 2.45) is 0 Å². The molecule has 0 saturated heterocycles. The lowest BCUT2D eigenvalue weighted by atomic mass is 10.1. The van der Waals surface area contributed by atoms with E-state index >= 15 is 0 Å². The molecule has 2 rings (SSSR count). The van der Waals surface area contributed by atoms with Crippen LogP contribution in [-0.2, 0) is 0 Å². The van der Waals surface area contributed by atoms with E-state index in [1.807, 2.05) is 6.07 Å². The number of carbonyl (C=O) groups is 1. The number of hydrogen-bond acceptors (Lipinski definition) is 2. The van der Waals surface area contributed by atoms with E-state index in [-0.39, 0.29) is 0 Å². The number of rotatable bonds is 3. The highest BCUT2D eigenvalue weighted by molar-refractivity contribution is 5.88. The molecule has 1 aromatic carbocycles. The first-order valence-electron chi connectivity index (χ1n) is 5.00. The highest BCUT2D eigenvalue weighted by Gasteiger charge is 2.10. The van der Waals surface area contributed by atoms with Crippen molar-refractivity contribution in [3.8, 4) is 0 Å². The molecular weight excluding hydrogens is 190 g/mol. The van der Waals surface area contributed by atoms with Gasteiger partial charge < -0.3 is 10.4 Å². The average molecular weight is 203 g/mol. The van der Waals surface area contributed by atoms with E-state index < -0.39 is 5.97 Å². The van der Waals surface area contributed by atoms with E-state index in [1.165, 1.54) is 0 Å². The molecule has 0 atom stereocenters. The maximum absolute atomic E-state index is 10.8. The summed E-state index contributed by atoms with van der Waals surface area (Å²) in [4.78, 5) is 10.8. The Morgan fingerprint density at radius 2 is 2.07 bits per heavy atom. The maximum atomic E-state index is 10.8. The second-order valence-electron chi connectivity index (χ2n) is 3.67. The van der Waals surface area contributed by atoms with Crippen molar-refractivity contribution >= 4 is 11.7 Å². The molecule has 78 valence electrons. The minimum atomic E-state index is -0.886. The van der Waals surface area contributed by atoms with Crippen LogP contribution >= 0.6 is 0 Å². The molecule has 0 saturated carbocycles. The molecule has 1 aromatic rings. The van der Waals surface area contributed by atoms with Crippen molar-refractivity contribution in [1.29, 1.82) is 0 Å². The summed E-state index contributed by atoms with van der Waals surface area (Å²) in [5, 5.41) is 12.1. The van der Waals surface area contributed by atoms with Crippen LogP contribution in [-0.4, -0.2) is 17.1 Å². The molecular formula is C12H13NO2. The lowest BCUT2D eigenvalue weighted by molar-refractivity contribution is 0.0697. The zero-order valence-electron chi connectivity index (χ0n) is 8.31. The Morgan fingerprint density at radius 1 is 1.33 bits per heavy atom. The molecule has 0 amide bonds. The normalized spacial score (nSPS) is 15.5. The van der Waals surface area contributed by atoms with Crippen molar-refractivity contribution in [2.45, 2.75) is 18.9 Å². The number of carboxylic acid groups (broad SMARTS) is 1. The first kappa shape index (κ1) is 9.77. The molecule has 0 aliphatic heterocycles. The summed E-state index contributed by atoms with van der Waals surface area (Å²) in [6.07, 6.45) is 6.30. The number of aromatic carboxylic acids is 1. The molecule has 15 heavy (non-hydrogen) atoms. The zero-order valence-corrected chi connectivity index (χ0v) is 8.31. The van der Waals surface area contributed by atoms with E-state index in [0.717, 1.165) is 18.5 Å². The second-order valence-corrected chi connectivity index (χ2v) is 3.67. The number of nitrogens with one attached hydrogen (secondary N) is 1. The minimum absolute atomic E-state index is 0.325. The fourth-order valence-electron chi connectivity index (χ4n) is 1.71. The van der Waals surface area contributed by atoms with Crippen molar-refractivity contribution in [3.05, 3.63) is 42.0 Å². The van der Waals surface area contributed by atoms with Gasteiger partial charge in [-0.25, -0.2) is 4.79 Å². The predicted molar refractivity (Wildman–Crippen MR) is 59.2 cm³/mol. The number of anilines is 1. The topological polar surface area (TPSA) is 49.3 Å². The summed E-state index contributed by atoms with van der Waals surface area (Å²) in [7, 11) is 0. The van der Waals surface area contributed by atoms with Crippen molar-refractivity contribution < 1.29 is 9.90 Å². The Labute approximate surface area is 88.4 Å². The monoisotopic (exact) mass is 203 g/mol. The summed E-state index contributed by atoms with van der Waals surface area (Å²) in [6, 6.07) is 7.33. The van der Waals surface area contributed by atoms with Crippen LogP contribution < -0.4 is 5.32 Å². The van der Waals surface area contributed by atoms with E-state index in [4.69, 9.17) is 5.11 Å². The largest absolute Gasteiger partial charge is 0.478 e. The highest BCUT2D eigenvalue weighted by Crippen LogP contribution is 2.17. The van der Waals surface area contributed by atoms with Crippen LogP contribution in [0, 0.1) is 0 Å². The first-order chi connectivity index (χ1) is 7.25. The molecule has 0 unspecified atom stereocenters. The third kappa shape index (κ3) is 2.37. The molecule has 0 radical (unpaired) electrons. The number of hydrogen-bond donors (Lipinski definition) is 2. The third-order valence-corrected chi connectivity index (χ3v) is 2.49. The smallest absolute Gasteiger partial charge is 0.335 e. The van der Waals surface area contributed by atoms with Gasteiger partial charge in [-0.3, -0.25) is 0 Å². The van der Waals surface area contributed by atoms with Crippen LogP contribution in [0.15, 0.2) is 36.4 Å². The van der Waals surface area contributed by atoms with Gasteiger partial charge in [-0.15, -0.1) is 0 Å². The number of benzene rings is 1. The summed E-state index contributed by atoms with van der Waals surface area (Å²) >= 11 is 0. The van der Waals surface area contributed by atoms with Crippen LogP contribution in [0.3, 0.4) is 0 Å². The molecule has 1 aliphatic rings. The van der Waals surface area contributed by atoms with Gasteiger partial charge in [0.05, 0.1) is 5.56 Å². The molecule has 0 spiro atoms. The van der Waals surface area contributed by atoms with Gasteiger partial charge in [-0.05, 0) is 31.0 Å². The summed E-state index contributed by atoms with van der Waals surface area (Å²) in [6.45, 7) is 0. The molecule has 0 bridgehead atoms. The Balaban J connectivity index is 2.07. The van der Waals surface area contributed by atoms with Crippen LogP contribution in [0.2, 0.25) is 0 Å². The fourth-order valence-corrected chi connectivity index (χ4v) is 1.71. The SMILES string of the molecule is O=C(O)c1cccc(NC2CC=CC2)c1. The molecule has 3 nitrogen and oxygen atoms in total. The van der Waals surface area contributed by atoms with Gasteiger partial charge in [-0.2, -0.15) is 0 Å². The lowest BCUT2D eigenvalue weighted by Crippen LogP contribution is -2.15. The van der Waals surface area contributed by atoms with E-state index in [1.54, 1.807) is 18.2 Å². The predicted octanol–water partition coefficient (Wildman–Crippen LogP) is 2.52. The van der Waals surface area contributed by atoms with Gasteiger partial charge in [-0.1, -0.05) is 18.2 Å². The highest BCUT2D eigenvalue weighted by atomic mass is 16.4. The zero-order chi connectivity index (χ0) is 10.7. The number of carboxylic acids is 1. The quantitative estimate of drug-likeness (QED) is 0.742. The summed E-state index contributed by atoms with van der Waals surface area (Å²) < 4.78 is 0. The second kappa shape index (κ2) is 4.17. The summed E-state index contributed by atoms with van der Waals surface area (Å²) in [5.41, 5.74) is 1.20. The van der Waals surface area contributed by atoms with Crippen LogP contribution in [0.25, 0.3) is 0 Å². The van der Waals surface area contributed by atoms with Gasteiger partial charge in [0.25, 0.3) is 0 Å². The Kier molecular flexibility index (Phi) is 2.72. The average Bonchev–Trinajstić information content (AvgIpc) is 2.71. The van der Waals surface area contributed by atoms with E-state index in [2.05, 4.69) is 17.5 Å². The Morgan fingerprint density at radius 3 is 2.73 bits per heavy atom. The van der Waals surface area contributed by atoms with Crippen molar-refractivity contribution in [3.63, 3.8) is 0 Å². The molecule has 0 aromatic heterocycles. The van der Waals surface area contributed by atoms with Gasteiger partial charge in [0.2, 0.25) is 0 Å². The molecule has 0 heterocycles. The lowest BCUT2D eigenvalue weighted by Gasteiger charge is -2.13. The molecule has 2 N–H and O–H groups in total. The first-order valence-corrected chi connectivity index (χ1v) is 5.00. The molecule has 3 heteroatoms. The van der Waals surface area contributed by atoms with E-state index in [9.17, 15) is 4.79 Å². The van der Waals surface area contributed by atoms with Gasteiger partial charge in [0.15, 0.2) is 0 Å². The third-order valence-electron chi connectivity index (χ3n) is 2.49.